The van der Waals surface area contributed by atoms with Crippen LogP contribution in [0.2, 0.25) is 0 Å². The van der Waals surface area contributed by atoms with Crippen molar-refractivity contribution in [3.63, 3.8) is 0 Å². The van der Waals surface area contributed by atoms with Gasteiger partial charge in [0.25, 0.3) is 0 Å². The standard InChI is InChI=1S/C19H27NO4/c1-7-22-17-14-11-13(20-6)8-9-15(14)24-19(4,5)18(17)23-16(21)10-12(2)3/h8-11,17-18,20H,7H2,1-6H3. The Morgan fingerprint density at radius 1 is 1.38 bits per heavy atom. The first-order chi connectivity index (χ1) is 11.3. The van der Waals surface area contributed by atoms with E-state index in [0.717, 1.165) is 22.6 Å². The number of rotatable bonds is 5. The molecule has 1 aromatic rings. The average Bonchev–Trinajstić information content (AvgIpc) is 2.49. The molecule has 0 fully saturated rings. The summed E-state index contributed by atoms with van der Waals surface area (Å²) in [5.41, 5.74) is 2.04. The number of benzene rings is 1. The van der Waals surface area contributed by atoms with Gasteiger partial charge in [-0.15, -0.1) is 0 Å². The second kappa shape index (κ2) is 7.26. The van der Waals surface area contributed by atoms with Crippen LogP contribution < -0.4 is 10.1 Å². The van der Waals surface area contributed by atoms with Gasteiger partial charge >= 0.3 is 5.97 Å². The zero-order valence-corrected chi connectivity index (χ0v) is 15.3. The Labute approximate surface area is 144 Å². The fourth-order valence-electron chi connectivity index (χ4n) is 2.84. The molecule has 1 heterocycles. The van der Waals surface area contributed by atoms with E-state index in [9.17, 15) is 4.79 Å². The molecule has 1 N–H and O–H groups in total. The minimum Gasteiger partial charge on any atom is -0.483 e. The lowest BCUT2D eigenvalue weighted by Crippen LogP contribution is -2.51. The van der Waals surface area contributed by atoms with E-state index in [1.807, 2.05) is 59.9 Å². The number of carbonyl (C=O) groups is 1. The molecule has 2 unspecified atom stereocenters. The van der Waals surface area contributed by atoms with Crippen LogP contribution in [0.5, 0.6) is 5.75 Å². The van der Waals surface area contributed by atoms with Crippen LogP contribution in [0.15, 0.2) is 29.8 Å². The molecule has 132 valence electrons. The molecule has 0 saturated carbocycles. The third kappa shape index (κ3) is 3.90. The number of carbonyl (C=O) groups excluding carboxylic acids is 1. The Balaban J connectivity index is 2.43. The lowest BCUT2D eigenvalue weighted by Gasteiger charge is -2.43. The molecule has 0 amide bonds. The maximum Gasteiger partial charge on any atom is 0.331 e. The van der Waals surface area contributed by atoms with Crippen molar-refractivity contribution in [1.29, 1.82) is 0 Å². The van der Waals surface area contributed by atoms with Crippen molar-refractivity contribution < 1.29 is 19.0 Å². The van der Waals surface area contributed by atoms with Crippen LogP contribution in [-0.2, 0) is 14.3 Å². The number of ether oxygens (including phenoxy) is 3. The van der Waals surface area contributed by atoms with E-state index in [-0.39, 0.29) is 12.1 Å². The fourth-order valence-corrected chi connectivity index (χ4v) is 2.84. The Morgan fingerprint density at radius 3 is 2.67 bits per heavy atom. The highest BCUT2D eigenvalue weighted by molar-refractivity contribution is 5.83. The summed E-state index contributed by atoms with van der Waals surface area (Å²) >= 11 is 0. The summed E-state index contributed by atoms with van der Waals surface area (Å²) in [7, 11) is 1.86. The molecule has 1 aliphatic heterocycles. The highest BCUT2D eigenvalue weighted by Gasteiger charge is 2.47. The van der Waals surface area contributed by atoms with Crippen molar-refractivity contribution in [3.05, 3.63) is 35.4 Å². The Bertz CT molecular complexity index is 632. The summed E-state index contributed by atoms with van der Waals surface area (Å²) in [5, 5.41) is 3.11. The van der Waals surface area contributed by atoms with E-state index >= 15 is 0 Å². The monoisotopic (exact) mass is 333 g/mol. The van der Waals surface area contributed by atoms with Gasteiger partial charge in [-0.1, -0.05) is 5.57 Å². The van der Waals surface area contributed by atoms with E-state index in [2.05, 4.69) is 5.32 Å². The molecule has 0 aliphatic carbocycles. The molecular formula is C19H27NO4. The van der Waals surface area contributed by atoms with Gasteiger partial charge in [0.15, 0.2) is 6.10 Å². The van der Waals surface area contributed by atoms with Crippen molar-refractivity contribution >= 4 is 11.7 Å². The third-order valence-electron chi connectivity index (χ3n) is 3.93. The molecule has 1 aromatic carbocycles. The summed E-state index contributed by atoms with van der Waals surface area (Å²) < 4.78 is 17.8. The first-order valence-electron chi connectivity index (χ1n) is 8.26. The molecule has 2 rings (SSSR count). The third-order valence-corrected chi connectivity index (χ3v) is 3.93. The molecule has 0 radical (unpaired) electrons. The van der Waals surface area contributed by atoms with Crippen molar-refractivity contribution in [2.24, 2.45) is 0 Å². The molecular weight excluding hydrogens is 306 g/mol. The lowest BCUT2D eigenvalue weighted by molar-refractivity contribution is -0.178. The van der Waals surface area contributed by atoms with Gasteiger partial charge in [0.1, 0.15) is 17.5 Å². The largest absolute Gasteiger partial charge is 0.483 e. The number of nitrogens with one attached hydrogen (secondary N) is 1. The molecule has 0 aromatic heterocycles. The number of esters is 1. The van der Waals surface area contributed by atoms with Crippen LogP contribution >= 0.6 is 0 Å². The minimum atomic E-state index is -0.695. The van der Waals surface area contributed by atoms with Crippen LogP contribution in [0.1, 0.15) is 46.3 Å². The van der Waals surface area contributed by atoms with Crippen LogP contribution in [0, 0.1) is 0 Å². The summed E-state index contributed by atoms with van der Waals surface area (Å²) in [4.78, 5) is 12.2. The molecule has 24 heavy (non-hydrogen) atoms. The van der Waals surface area contributed by atoms with Gasteiger partial charge < -0.3 is 19.5 Å². The normalized spacial score (nSPS) is 21.2. The van der Waals surface area contributed by atoms with E-state index < -0.39 is 11.7 Å². The molecule has 2 atom stereocenters. The first kappa shape index (κ1) is 18.3. The van der Waals surface area contributed by atoms with Gasteiger partial charge in [-0.25, -0.2) is 4.79 Å². The maximum absolute atomic E-state index is 12.2. The van der Waals surface area contributed by atoms with Crippen molar-refractivity contribution in [3.8, 4) is 5.75 Å². The molecule has 0 spiro atoms. The molecule has 0 saturated heterocycles. The van der Waals surface area contributed by atoms with Crippen LogP contribution in [0.25, 0.3) is 0 Å². The van der Waals surface area contributed by atoms with Gasteiger partial charge in [-0.3, -0.25) is 0 Å². The molecule has 5 nitrogen and oxygen atoms in total. The average molecular weight is 333 g/mol. The SMILES string of the molecule is CCOC1c2cc(NC)ccc2OC(C)(C)C1OC(=O)C=C(C)C. The zero-order valence-electron chi connectivity index (χ0n) is 15.3. The summed E-state index contributed by atoms with van der Waals surface area (Å²) in [6, 6.07) is 5.85. The summed E-state index contributed by atoms with van der Waals surface area (Å²) in [6.45, 7) is 9.99. The van der Waals surface area contributed by atoms with Crippen LogP contribution in [-0.4, -0.2) is 31.3 Å². The van der Waals surface area contributed by atoms with Crippen LogP contribution in [0.4, 0.5) is 5.69 Å². The van der Waals surface area contributed by atoms with Gasteiger partial charge in [0.2, 0.25) is 0 Å². The highest BCUT2D eigenvalue weighted by atomic mass is 16.6. The number of allylic oxidation sites excluding steroid dienone is 1. The van der Waals surface area contributed by atoms with Gasteiger partial charge in [-0.05, 0) is 52.8 Å². The van der Waals surface area contributed by atoms with Crippen LogP contribution in [0.3, 0.4) is 0 Å². The van der Waals surface area contributed by atoms with E-state index in [4.69, 9.17) is 14.2 Å². The summed E-state index contributed by atoms with van der Waals surface area (Å²) in [5.74, 6) is 0.376. The van der Waals surface area contributed by atoms with Crippen molar-refractivity contribution in [2.75, 3.05) is 19.0 Å². The smallest absolute Gasteiger partial charge is 0.331 e. The minimum absolute atomic E-state index is 0.378. The van der Waals surface area contributed by atoms with E-state index in [1.165, 1.54) is 6.08 Å². The van der Waals surface area contributed by atoms with E-state index in [0.29, 0.717) is 6.61 Å². The number of hydrogen-bond donors (Lipinski definition) is 1. The number of fused-ring (bicyclic) bond motifs is 1. The molecule has 1 aliphatic rings. The quantitative estimate of drug-likeness (QED) is 0.655. The Kier molecular flexibility index (Phi) is 5.54. The number of anilines is 1. The topological polar surface area (TPSA) is 56.8 Å². The van der Waals surface area contributed by atoms with E-state index in [1.54, 1.807) is 0 Å². The predicted molar refractivity (Wildman–Crippen MR) is 94.4 cm³/mol. The fraction of sp³-hybridized carbons (Fsp3) is 0.526. The lowest BCUT2D eigenvalue weighted by atomic mass is 9.88. The predicted octanol–water partition coefficient (Wildman–Crippen LogP) is 3.85. The second-order valence-corrected chi connectivity index (χ2v) is 6.66. The second-order valence-electron chi connectivity index (χ2n) is 6.66. The molecule has 0 bridgehead atoms. The maximum atomic E-state index is 12.2. The Hall–Kier alpha value is -2.01. The number of hydrogen-bond acceptors (Lipinski definition) is 5. The molecule has 5 heteroatoms. The summed E-state index contributed by atoms with van der Waals surface area (Å²) in [6.07, 6.45) is 0.565. The Morgan fingerprint density at radius 2 is 2.08 bits per heavy atom. The van der Waals surface area contributed by atoms with Gasteiger partial charge in [0, 0.05) is 31.0 Å². The van der Waals surface area contributed by atoms with Gasteiger partial charge in [0.05, 0.1) is 0 Å². The highest BCUT2D eigenvalue weighted by Crippen LogP contribution is 2.44. The zero-order chi connectivity index (χ0) is 17.9. The van der Waals surface area contributed by atoms with Crippen molar-refractivity contribution in [1.82, 2.24) is 0 Å². The van der Waals surface area contributed by atoms with Crippen molar-refractivity contribution in [2.45, 2.75) is 52.4 Å². The first-order valence-corrected chi connectivity index (χ1v) is 8.26. The van der Waals surface area contributed by atoms with Gasteiger partial charge in [-0.2, -0.15) is 0 Å².